The topological polar surface area (TPSA) is 29.3 Å². The van der Waals surface area contributed by atoms with Crippen LogP contribution in [-0.2, 0) is 0 Å². The zero-order valence-corrected chi connectivity index (χ0v) is 13.1. The SMILES string of the molecule is Cl.N[C@@H]1CCN(CCSc2cc(Cl)ccc2Cl)C1. The van der Waals surface area contributed by atoms with Crippen LogP contribution in [0.4, 0.5) is 0 Å². The molecule has 0 aromatic heterocycles. The number of nitrogens with zero attached hydrogens (tertiary/aromatic N) is 1. The van der Waals surface area contributed by atoms with Gasteiger partial charge in [-0.2, -0.15) is 0 Å². The van der Waals surface area contributed by atoms with E-state index in [9.17, 15) is 0 Å². The van der Waals surface area contributed by atoms with E-state index in [0.29, 0.717) is 6.04 Å². The van der Waals surface area contributed by atoms with Gasteiger partial charge in [-0.3, -0.25) is 0 Å². The van der Waals surface area contributed by atoms with Gasteiger partial charge in [0.05, 0.1) is 5.02 Å². The van der Waals surface area contributed by atoms with Crippen LogP contribution in [0.5, 0.6) is 0 Å². The van der Waals surface area contributed by atoms with Crippen LogP contribution in [0.1, 0.15) is 6.42 Å². The van der Waals surface area contributed by atoms with Crippen LogP contribution in [0.3, 0.4) is 0 Å². The molecule has 0 amide bonds. The molecule has 2 rings (SSSR count). The molecule has 0 spiro atoms. The molecule has 1 aliphatic rings. The Morgan fingerprint density at radius 3 is 2.83 bits per heavy atom. The van der Waals surface area contributed by atoms with Crippen molar-refractivity contribution in [1.29, 1.82) is 0 Å². The summed E-state index contributed by atoms with van der Waals surface area (Å²) < 4.78 is 0. The highest BCUT2D eigenvalue weighted by Crippen LogP contribution is 2.29. The lowest BCUT2D eigenvalue weighted by Crippen LogP contribution is -2.28. The Morgan fingerprint density at radius 1 is 1.39 bits per heavy atom. The van der Waals surface area contributed by atoms with Gasteiger partial charge in [-0.05, 0) is 31.2 Å². The van der Waals surface area contributed by atoms with Gasteiger partial charge in [0.25, 0.3) is 0 Å². The van der Waals surface area contributed by atoms with Crippen molar-refractivity contribution in [3.8, 4) is 0 Å². The maximum atomic E-state index is 6.10. The van der Waals surface area contributed by atoms with Gasteiger partial charge in [0, 0.05) is 34.8 Å². The summed E-state index contributed by atoms with van der Waals surface area (Å²) in [6.45, 7) is 3.19. The van der Waals surface area contributed by atoms with E-state index in [-0.39, 0.29) is 12.4 Å². The van der Waals surface area contributed by atoms with Gasteiger partial charge in [0.2, 0.25) is 0 Å². The van der Waals surface area contributed by atoms with E-state index >= 15 is 0 Å². The average Bonchev–Trinajstić information content (AvgIpc) is 2.69. The minimum absolute atomic E-state index is 0. The second-order valence-electron chi connectivity index (χ2n) is 4.27. The number of halogens is 3. The maximum absolute atomic E-state index is 6.10. The molecule has 0 radical (unpaired) electrons. The van der Waals surface area contributed by atoms with Crippen LogP contribution in [0.2, 0.25) is 10.0 Å². The van der Waals surface area contributed by atoms with Crippen molar-refractivity contribution in [3.63, 3.8) is 0 Å². The lowest BCUT2D eigenvalue weighted by molar-refractivity contribution is 0.357. The Hall–Kier alpha value is 0.360. The van der Waals surface area contributed by atoms with Crippen molar-refractivity contribution in [2.45, 2.75) is 17.4 Å². The minimum Gasteiger partial charge on any atom is -0.326 e. The van der Waals surface area contributed by atoms with E-state index in [0.717, 1.165) is 46.7 Å². The van der Waals surface area contributed by atoms with Crippen LogP contribution >= 0.6 is 47.4 Å². The van der Waals surface area contributed by atoms with Crippen molar-refractivity contribution >= 4 is 47.4 Å². The van der Waals surface area contributed by atoms with E-state index in [1.54, 1.807) is 11.8 Å². The first-order chi connectivity index (χ1) is 8.15. The standard InChI is InChI=1S/C12H16Cl2N2S.ClH/c13-9-1-2-11(14)12(7-9)17-6-5-16-4-3-10(15)8-16;/h1-2,7,10H,3-6,8,15H2;1H/t10-;/m1./s1. The normalized spacial score (nSPS) is 19.8. The molecule has 1 fully saturated rings. The summed E-state index contributed by atoms with van der Waals surface area (Å²) in [5, 5.41) is 1.51. The predicted molar refractivity (Wildman–Crippen MR) is 83.5 cm³/mol. The molecule has 1 atom stereocenters. The van der Waals surface area contributed by atoms with Crippen molar-refractivity contribution in [2.24, 2.45) is 5.73 Å². The quantitative estimate of drug-likeness (QED) is 0.858. The first-order valence-electron chi connectivity index (χ1n) is 5.71. The first kappa shape index (κ1) is 16.4. The van der Waals surface area contributed by atoms with E-state index in [2.05, 4.69) is 4.90 Å². The number of nitrogens with two attached hydrogens (primary N) is 1. The summed E-state index contributed by atoms with van der Waals surface area (Å²) in [6.07, 6.45) is 1.11. The fraction of sp³-hybridized carbons (Fsp3) is 0.500. The Morgan fingerprint density at radius 2 is 2.17 bits per heavy atom. The second kappa shape index (κ2) is 7.83. The van der Waals surface area contributed by atoms with E-state index in [1.165, 1.54) is 0 Å². The van der Waals surface area contributed by atoms with Crippen LogP contribution < -0.4 is 5.73 Å². The van der Waals surface area contributed by atoms with Crippen molar-refractivity contribution in [3.05, 3.63) is 28.2 Å². The zero-order chi connectivity index (χ0) is 12.3. The van der Waals surface area contributed by atoms with Gasteiger partial charge < -0.3 is 10.6 Å². The molecule has 0 aliphatic carbocycles. The van der Waals surface area contributed by atoms with Gasteiger partial charge in [-0.15, -0.1) is 24.2 Å². The lowest BCUT2D eigenvalue weighted by Gasteiger charge is -2.14. The largest absolute Gasteiger partial charge is 0.326 e. The van der Waals surface area contributed by atoms with Crippen LogP contribution in [-0.4, -0.2) is 36.3 Å². The van der Waals surface area contributed by atoms with Crippen LogP contribution in [0, 0.1) is 0 Å². The van der Waals surface area contributed by atoms with Crippen molar-refractivity contribution in [2.75, 3.05) is 25.4 Å². The van der Waals surface area contributed by atoms with Crippen molar-refractivity contribution in [1.82, 2.24) is 4.90 Å². The molecule has 0 saturated carbocycles. The molecule has 6 heteroatoms. The first-order valence-corrected chi connectivity index (χ1v) is 7.45. The van der Waals surface area contributed by atoms with E-state index in [1.807, 2.05) is 18.2 Å². The molecule has 1 aromatic carbocycles. The monoisotopic (exact) mass is 326 g/mol. The Bertz CT molecular complexity index is 390. The summed E-state index contributed by atoms with van der Waals surface area (Å²) in [5.74, 6) is 1.02. The number of likely N-dealkylation sites (tertiary alicyclic amines) is 1. The summed E-state index contributed by atoms with van der Waals surface area (Å²) >= 11 is 13.8. The Balaban J connectivity index is 0.00000162. The van der Waals surface area contributed by atoms with Gasteiger partial charge in [0.15, 0.2) is 0 Å². The third-order valence-corrected chi connectivity index (χ3v) is 4.58. The van der Waals surface area contributed by atoms with Gasteiger partial charge in [-0.1, -0.05) is 23.2 Å². The molecule has 1 aliphatic heterocycles. The summed E-state index contributed by atoms with van der Waals surface area (Å²) in [4.78, 5) is 3.46. The molecule has 18 heavy (non-hydrogen) atoms. The molecule has 1 heterocycles. The van der Waals surface area contributed by atoms with Gasteiger partial charge >= 0.3 is 0 Å². The Labute approximate surface area is 129 Å². The Kier molecular flexibility index (Phi) is 7.14. The number of hydrogen-bond donors (Lipinski definition) is 1. The molecule has 1 saturated heterocycles. The maximum Gasteiger partial charge on any atom is 0.0542 e. The number of thioether (sulfide) groups is 1. The molecular weight excluding hydrogens is 311 g/mol. The lowest BCUT2D eigenvalue weighted by atomic mass is 10.3. The predicted octanol–water partition coefficient (Wildman–Crippen LogP) is 3.54. The molecule has 1 aromatic rings. The number of rotatable bonds is 4. The van der Waals surface area contributed by atoms with Gasteiger partial charge in [0.1, 0.15) is 0 Å². The highest BCUT2D eigenvalue weighted by Gasteiger charge is 2.18. The number of benzene rings is 1. The van der Waals surface area contributed by atoms with E-state index in [4.69, 9.17) is 28.9 Å². The molecule has 102 valence electrons. The van der Waals surface area contributed by atoms with E-state index < -0.39 is 0 Å². The fourth-order valence-corrected chi connectivity index (χ4v) is 3.44. The third kappa shape index (κ3) is 4.80. The van der Waals surface area contributed by atoms with Crippen LogP contribution in [0.25, 0.3) is 0 Å². The summed E-state index contributed by atoms with van der Waals surface area (Å²) in [7, 11) is 0. The summed E-state index contributed by atoms with van der Waals surface area (Å²) in [5.41, 5.74) is 5.86. The third-order valence-electron chi connectivity index (χ3n) is 2.87. The minimum atomic E-state index is 0. The highest BCUT2D eigenvalue weighted by atomic mass is 35.5. The highest BCUT2D eigenvalue weighted by molar-refractivity contribution is 7.99. The molecular formula is C12H17Cl3N2S. The number of hydrogen-bond acceptors (Lipinski definition) is 3. The van der Waals surface area contributed by atoms with Gasteiger partial charge in [-0.25, -0.2) is 0 Å². The molecule has 0 bridgehead atoms. The molecule has 2 nitrogen and oxygen atoms in total. The average molecular weight is 328 g/mol. The molecule has 2 N–H and O–H groups in total. The van der Waals surface area contributed by atoms with Crippen LogP contribution in [0.15, 0.2) is 23.1 Å². The fourth-order valence-electron chi connectivity index (χ4n) is 1.94. The zero-order valence-electron chi connectivity index (χ0n) is 9.94. The smallest absolute Gasteiger partial charge is 0.0542 e. The molecule has 0 unspecified atom stereocenters. The summed E-state index contributed by atoms with van der Waals surface area (Å²) in [6, 6.07) is 5.94. The van der Waals surface area contributed by atoms with Crippen molar-refractivity contribution < 1.29 is 0 Å². The second-order valence-corrected chi connectivity index (χ2v) is 6.25.